The van der Waals surface area contributed by atoms with Gasteiger partial charge in [0.25, 0.3) is 5.91 Å². The first kappa shape index (κ1) is 18.5. The first-order chi connectivity index (χ1) is 11.9. The molecule has 130 valence electrons. The summed E-state index contributed by atoms with van der Waals surface area (Å²) in [5, 5.41) is 2.81. The van der Waals surface area contributed by atoms with E-state index in [0.29, 0.717) is 0 Å². The lowest BCUT2D eigenvalue weighted by Gasteiger charge is -2.22. The molecule has 0 spiro atoms. The fourth-order valence-electron chi connectivity index (χ4n) is 2.35. The van der Waals surface area contributed by atoms with Crippen molar-refractivity contribution in [3.63, 3.8) is 0 Å². The zero-order valence-electron chi connectivity index (χ0n) is 14.8. The van der Waals surface area contributed by atoms with Crippen molar-refractivity contribution in [3.8, 4) is 0 Å². The van der Waals surface area contributed by atoms with Crippen LogP contribution in [0, 0.1) is 0 Å². The molecule has 4 heteroatoms. The minimum Gasteiger partial charge on any atom is -0.452 e. The highest BCUT2D eigenvalue weighted by atomic mass is 16.5. The smallest absolute Gasteiger partial charge is 0.331 e. The summed E-state index contributed by atoms with van der Waals surface area (Å²) in [6.07, 6.45) is 2.96. The van der Waals surface area contributed by atoms with Gasteiger partial charge in [-0.05, 0) is 28.7 Å². The van der Waals surface area contributed by atoms with E-state index in [4.69, 9.17) is 4.74 Å². The van der Waals surface area contributed by atoms with Gasteiger partial charge in [0.1, 0.15) is 0 Å². The highest BCUT2D eigenvalue weighted by molar-refractivity contribution is 5.95. The molecule has 0 aliphatic heterocycles. The highest BCUT2D eigenvalue weighted by Crippen LogP contribution is 2.29. The van der Waals surface area contributed by atoms with E-state index in [1.165, 1.54) is 6.08 Å². The summed E-state index contributed by atoms with van der Waals surface area (Å²) in [7, 11) is 0. The Morgan fingerprint density at radius 3 is 2.32 bits per heavy atom. The van der Waals surface area contributed by atoms with Crippen LogP contribution >= 0.6 is 0 Å². The number of benzene rings is 2. The lowest BCUT2D eigenvalue weighted by atomic mass is 9.86. The molecule has 2 rings (SSSR count). The predicted octanol–water partition coefficient (Wildman–Crippen LogP) is 4.18. The standard InChI is InChI=1S/C21H23NO3/c1-21(2,3)17-11-7-8-12-18(17)22-19(23)15-25-20(24)14-13-16-9-5-4-6-10-16/h4-14H,15H2,1-3H3,(H,22,23)/b14-13+. The summed E-state index contributed by atoms with van der Waals surface area (Å²) < 4.78 is 4.99. The Morgan fingerprint density at radius 2 is 1.64 bits per heavy atom. The van der Waals surface area contributed by atoms with Gasteiger partial charge >= 0.3 is 5.97 Å². The third-order valence-corrected chi connectivity index (χ3v) is 3.57. The van der Waals surface area contributed by atoms with Crippen LogP contribution in [0.15, 0.2) is 60.7 Å². The maximum atomic E-state index is 12.1. The van der Waals surface area contributed by atoms with Crippen molar-refractivity contribution in [2.75, 3.05) is 11.9 Å². The van der Waals surface area contributed by atoms with Crippen LogP contribution < -0.4 is 5.32 Å². The first-order valence-electron chi connectivity index (χ1n) is 8.15. The molecule has 0 saturated carbocycles. The molecule has 0 fully saturated rings. The number of nitrogens with one attached hydrogen (secondary N) is 1. The van der Waals surface area contributed by atoms with Crippen molar-refractivity contribution in [1.29, 1.82) is 0 Å². The second-order valence-electron chi connectivity index (χ2n) is 6.70. The average molecular weight is 337 g/mol. The summed E-state index contributed by atoms with van der Waals surface area (Å²) in [5.74, 6) is -0.915. The Hall–Kier alpha value is -2.88. The van der Waals surface area contributed by atoms with Gasteiger partial charge in [0.15, 0.2) is 6.61 Å². The van der Waals surface area contributed by atoms with E-state index in [2.05, 4.69) is 26.1 Å². The van der Waals surface area contributed by atoms with Gasteiger partial charge in [-0.1, -0.05) is 69.3 Å². The van der Waals surface area contributed by atoms with Crippen LogP contribution in [0.25, 0.3) is 6.08 Å². The van der Waals surface area contributed by atoms with Crippen LogP contribution in [0.5, 0.6) is 0 Å². The second kappa shape index (κ2) is 8.29. The largest absolute Gasteiger partial charge is 0.452 e. The van der Waals surface area contributed by atoms with Crippen LogP contribution in [-0.4, -0.2) is 18.5 Å². The predicted molar refractivity (Wildman–Crippen MR) is 100 cm³/mol. The molecule has 0 aromatic heterocycles. The molecule has 2 aromatic rings. The molecular weight excluding hydrogens is 314 g/mol. The van der Waals surface area contributed by atoms with Crippen LogP contribution in [0.4, 0.5) is 5.69 Å². The summed E-state index contributed by atoms with van der Waals surface area (Å²) in [6.45, 7) is 5.90. The third kappa shape index (κ3) is 5.92. The normalized spacial score (nSPS) is 11.3. The zero-order valence-corrected chi connectivity index (χ0v) is 14.8. The molecule has 0 saturated heterocycles. The minimum atomic E-state index is -0.553. The number of hydrogen-bond donors (Lipinski definition) is 1. The molecule has 0 radical (unpaired) electrons. The van der Waals surface area contributed by atoms with E-state index in [9.17, 15) is 9.59 Å². The number of rotatable bonds is 5. The Balaban J connectivity index is 1.89. The van der Waals surface area contributed by atoms with Crippen molar-refractivity contribution in [2.24, 2.45) is 0 Å². The van der Waals surface area contributed by atoms with E-state index in [1.807, 2.05) is 54.6 Å². The lowest BCUT2D eigenvalue weighted by Crippen LogP contribution is -2.23. The summed E-state index contributed by atoms with van der Waals surface area (Å²) in [6, 6.07) is 17.0. The fraction of sp³-hybridized carbons (Fsp3) is 0.238. The molecule has 0 atom stereocenters. The molecule has 0 aliphatic rings. The Morgan fingerprint density at radius 1 is 1.00 bits per heavy atom. The molecule has 0 unspecified atom stereocenters. The number of anilines is 1. The highest BCUT2D eigenvalue weighted by Gasteiger charge is 2.18. The van der Waals surface area contributed by atoms with Crippen LogP contribution in [0.2, 0.25) is 0 Å². The van der Waals surface area contributed by atoms with Crippen molar-refractivity contribution in [3.05, 3.63) is 71.8 Å². The second-order valence-corrected chi connectivity index (χ2v) is 6.70. The monoisotopic (exact) mass is 337 g/mol. The van der Waals surface area contributed by atoms with E-state index < -0.39 is 5.97 Å². The van der Waals surface area contributed by atoms with Gasteiger partial charge in [-0.3, -0.25) is 4.79 Å². The van der Waals surface area contributed by atoms with Gasteiger partial charge in [-0.15, -0.1) is 0 Å². The van der Waals surface area contributed by atoms with Crippen molar-refractivity contribution >= 4 is 23.6 Å². The summed E-state index contributed by atoms with van der Waals surface area (Å²) >= 11 is 0. The molecule has 2 aromatic carbocycles. The number of carbonyl (C=O) groups is 2. The summed E-state index contributed by atoms with van der Waals surface area (Å²) in [5.41, 5.74) is 2.55. The van der Waals surface area contributed by atoms with Gasteiger partial charge in [-0.25, -0.2) is 4.79 Å². The van der Waals surface area contributed by atoms with Gasteiger partial charge in [0.2, 0.25) is 0 Å². The quantitative estimate of drug-likeness (QED) is 0.658. The third-order valence-electron chi connectivity index (χ3n) is 3.57. The Bertz CT molecular complexity index is 758. The number of carbonyl (C=O) groups excluding carboxylic acids is 2. The number of ether oxygens (including phenoxy) is 1. The van der Waals surface area contributed by atoms with E-state index in [-0.39, 0.29) is 17.9 Å². The van der Waals surface area contributed by atoms with E-state index in [0.717, 1.165) is 16.8 Å². The number of hydrogen-bond acceptors (Lipinski definition) is 3. The summed E-state index contributed by atoms with van der Waals surface area (Å²) in [4.78, 5) is 23.8. The van der Waals surface area contributed by atoms with Gasteiger partial charge in [0.05, 0.1) is 0 Å². The zero-order chi connectivity index (χ0) is 18.3. The molecule has 25 heavy (non-hydrogen) atoms. The fourth-order valence-corrected chi connectivity index (χ4v) is 2.35. The van der Waals surface area contributed by atoms with Crippen LogP contribution in [0.3, 0.4) is 0 Å². The Labute approximate surface area is 148 Å². The van der Waals surface area contributed by atoms with Crippen molar-refractivity contribution in [2.45, 2.75) is 26.2 Å². The Kier molecular flexibility index (Phi) is 6.12. The number of esters is 1. The van der Waals surface area contributed by atoms with Crippen molar-refractivity contribution in [1.82, 2.24) is 0 Å². The van der Waals surface area contributed by atoms with E-state index in [1.54, 1.807) is 6.08 Å². The topological polar surface area (TPSA) is 55.4 Å². The van der Waals surface area contributed by atoms with Gasteiger partial charge in [0, 0.05) is 11.8 Å². The van der Waals surface area contributed by atoms with Crippen molar-refractivity contribution < 1.29 is 14.3 Å². The molecule has 0 aliphatic carbocycles. The number of amides is 1. The first-order valence-corrected chi connectivity index (χ1v) is 8.15. The molecule has 0 heterocycles. The maximum absolute atomic E-state index is 12.1. The molecule has 1 amide bonds. The van der Waals surface area contributed by atoms with E-state index >= 15 is 0 Å². The van der Waals surface area contributed by atoms with Crippen LogP contribution in [0.1, 0.15) is 31.9 Å². The molecular formula is C21H23NO3. The van der Waals surface area contributed by atoms with Gasteiger partial charge in [-0.2, -0.15) is 0 Å². The lowest BCUT2D eigenvalue weighted by molar-refractivity contribution is -0.142. The molecule has 4 nitrogen and oxygen atoms in total. The van der Waals surface area contributed by atoms with Gasteiger partial charge < -0.3 is 10.1 Å². The SMILES string of the molecule is CC(C)(C)c1ccccc1NC(=O)COC(=O)/C=C/c1ccccc1. The number of para-hydroxylation sites is 1. The molecule has 1 N–H and O–H groups in total. The van der Waals surface area contributed by atoms with Crippen LogP contribution in [-0.2, 0) is 19.7 Å². The maximum Gasteiger partial charge on any atom is 0.331 e. The molecule has 0 bridgehead atoms. The minimum absolute atomic E-state index is 0.0982. The average Bonchev–Trinajstić information content (AvgIpc) is 2.58.